The molecule has 2 amide bonds. The first kappa shape index (κ1) is 21.5. The summed E-state index contributed by atoms with van der Waals surface area (Å²) in [4.78, 5) is 29.7. The van der Waals surface area contributed by atoms with E-state index in [9.17, 15) is 22.8 Å². The van der Waals surface area contributed by atoms with Gasteiger partial charge < -0.3 is 20.7 Å². The second-order valence-electron chi connectivity index (χ2n) is 8.57. The Kier molecular flexibility index (Phi) is 5.57. The topological polar surface area (TPSA) is 97.6 Å². The molecule has 3 aliphatic rings. The molecule has 2 bridgehead atoms. The van der Waals surface area contributed by atoms with Crippen LogP contribution < -0.4 is 11.1 Å². The van der Waals surface area contributed by atoms with Crippen molar-refractivity contribution in [1.82, 2.24) is 9.88 Å². The Balaban J connectivity index is 1.34. The zero-order chi connectivity index (χ0) is 22.2. The number of hydrogen-bond donors (Lipinski definition) is 2. The van der Waals surface area contributed by atoms with Crippen molar-refractivity contribution in [2.24, 2.45) is 17.1 Å². The van der Waals surface area contributed by atoms with E-state index in [0.29, 0.717) is 25.9 Å². The Morgan fingerprint density at radius 3 is 2.84 bits per heavy atom. The number of pyridine rings is 1. The number of fused-ring (bicyclic) bond motifs is 2. The number of halogens is 3. The average Bonchev–Trinajstić information content (AvgIpc) is 3.18. The monoisotopic (exact) mass is 438 g/mol. The molecule has 1 saturated heterocycles. The quantitative estimate of drug-likeness (QED) is 0.703. The van der Waals surface area contributed by atoms with E-state index in [0.717, 1.165) is 25.3 Å². The molecule has 10 heteroatoms. The third-order valence-corrected chi connectivity index (χ3v) is 6.46. The van der Waals surface area contributed by atoms with Gasteiger partial charge in [-0.1, -0.05) is 18.6 Å². The van der Waals surface area contributed by atoms with Gasteiger partial charge in [0.1, 0.15) is 17.6 Å². The van der Waals surface area contributed by atoms with Crippen molar-refractivity contribution < 1.29 is 27.5 Å². The van der Waals surface area contributed by atoms with Gasteiger partial charge >= 0.3 is 12.3 Å². The van der Waals surface area contributed by atoms with Crippen molar-refractivity contribution in [3.63, 3.8) is 0 Å². The maximum atomic E-state index is 12.8. The molecule has 1 aromatic heterocycles. The molecule has 2 aliphatic carbocycles. The predicted molar refractivity (Wildman–Crippen MR) is 106 cm³/mol. The fourth-order valence-corrected chi connectivity index (χ4v) is 4.78. The van der Waals surface area contributed by atoms with Gasteiger partial charge in [0.15, 0.2) is 0 Å². The minimum Gasteiger partial charge on any atom is -0.442 e. The maximum Gasteiger partial charge on any atom is 0.433 e. The normalized spacial score (nSPS) is 30.2. The minimum absolute atomic E-state index is 0.0565. The number of anilines is 1. The van der Waals surface area contributed by atoms with Crippen LogP contribution in [0.25, 0.3) is 0 Å². The van der Waals surface area contributed by atoms with Crippen LogP contribution >= 0.6 is 0 Å². The number of nitrogens with zero attached hydrogens (tertiary/aromatic N) is 2. The molecule has 31 heavy (non-hydrogen) atoms. The van der Waals surface area contributed by atoms with Gasteiger partial charge in [0.25, 0.3) is 0 Å². The molecule has 3 N–H and O–H groups in total. The third kappa shape index (κ3) is 4.47. The Hall–Kier alpha value is -2.78. The Morgan fingerprint density at radius 2 is 2.10 bits per heavy atom. The summed E-state index contributed by atoms with van der Waals surface area (Å²) in [5.41, 5.74) is 3.99. The lowest BCUT2D eigenvalue weighted by molar-refractivity contribution is -0.141. The molecule has 1 aliphatic heterocycles. The van der Waals surface area contributed by atoms with Gasteiger partial charge in [-0.15, -0.1) is 0 Å². The van der Waals surface area contributed by atoms with Crippen LogP contribution in [-0.4, -0.2) is 47.1 Å². The number of ether oxygens (including phenoxy) is 1. The molecular weight excluding hydrogens is 413 g/mol. The van der Waals surface area contributed by atoms with Crippen LogP contribution in [0.5, 0.6) is 0 Å². The zero-order valence-corrected chi connectivity index (χ0v) is 16.9. The summed E-state index contributed by atoms with van der Waals surface area (Å²) in [6.07, 6.45) is 1.77. The molecule has 1 aromatic rings. The summed E-state index contributed by atoms with van der Waals surface area (Å²) < 4.78 is 44.2. The maximum absolute atomic E-state index is 12.8. The SMILES string of the molecule is NC(=O)[C@@]12C=C[C@@H](OC(=O)N3CC[C@@H](Nc4cccc(C(F)(F)F)n4)C3)C(CCC1)C2. The van der Waals surface area contributed by atoms with Crippen LogP contribution in [0.2, 0.25) is 0 Å². The number of nitrogens with one attached hydrogen (secondary N) is 1. The molecular formula is C21H25F3N4O3. The molecule has 7 nitrogen and oxygen atoms in total. The minimum atomic E-state index is -4.51. The average molecular weight is 438 g/mol. The molecule has 1 saturated carbocycles. The highest BCUT2D eigenvalue weighted by Crippen LogP contribution is 2.46. The number of amides is 2. The van der Waals surface area contributed by atoms with Crippen molar-refractivity contribution in [1.29, 1.82) is 0 Å². The standard InChI is InChI=1S/C21H25F3N4O3/c22-21(23,24)16-4-1-5-17(27-16)26-14-7-10-28(12-14)19(30)31-15-6-9-20(18(25)29)8-2-3-13(15)11-20/h1,4-6,9,13-15H,2-3,7-8,10-12H2,(H2,25,29)(H,26,27)/t13?,14-,15-,20-/m1/s1. The molecule has 0 aromatic carbocycles. The number of carbonyl (C=O) groups excluding carboxylic acids is 2. The van der Waals surface area contributed by atoms with Gasteiger partial charge in [0, 0.05) is 25.0 Å². The second kappa shape index (κ2) is 8.05. The second-order valence-corrected chi connectivity index (χ2v) is 8.57. The van der Waals surface area contributed by atoms with Gasteiger partial charge in [-0.2, -0.15) is 13.2 Å². The molecule has 2 heterocycles. The first-order chi connectivity index (χ1) is 14.7. The van der Waals surface area contributed by atoms with Crippen LogP contribution in [0.15, 0.2) is 30.4 Å². The summed E-state index contributed by atoms with van der Waals surface area (Å²) in [6, 6.07) is 3.46. The number of rotatable bonds is 4. The van der Waals surface area contributed by atoms with E-state index in [4.69, 9.17) is 10.5 Å². The molecule has 4 rings (SSSR count). The Morgan fingerprint density at radius 1 is 1.29 bits per heavy atom. The van der Waals surface area contributed by atoms with Crippen molar-refractivity contribution in [2.75, 3.05) is 18.4 Å². The molecule has 168 valence electrons. The van der Waals surface area contributed by atoms with E-state index in [1.165, 1.54) is 17.0 Å². The highest BCUT2D eigenvalue weighted by atomic mass is 19.4. The summed E-state index contributed by atoms with van der Waals surface area (Å²) in [6.45, 7) is 0.741. The number of primary amides is 1. The molecule has 1 unspecified atom stereocenters. The van der Waals surface area contributed by atoms with E-state index < -0.39 is 29.5 Å². The van der Waals surface area contributed by atoms with Gasteiger partial charge in [-0.25, -0.2) is 9.78 Å². The number of carbonyl (C=O) groups is 2. The molecule has 4 atom stereocenters. The summed E-state index contributed by atoms with van der Waals surface area (Å²) >= 11 is 0. The van der Waals surface area contributed by atoms with Gasteiger partial charge in [-0.05, 0) is 43.9 Å². The first-order valence-corrected chi connectivity index (χ1v) is 10.4. The van der Waals surface area contributed by atoms with Gasteiger partial charge in [-0.3, -0.25) is 4.79 Å². The van der Waals surface area contributed by atoms with Crippen molar-refractivity contribution >= 4 is 17.8 Å². The number of likely N-dealkylation sites (tertiary alicyclic amines) is 1. The summed E-state index contributed by atoms with van der Waals surface area (Å²) in [7, 11) is 0. The van der Waals surface area contributed by atoms with E-state index in [2.05, 4.69) is 10.3 Å². The highest BCUT2D eigenvalue weighted by Gasteiger charge is 2.45. The highest BCUT2D eigenvalue weighted by molar-refractivity contribution is 5.83. The van der Waals surface area contributed by atoms with E-state index in [-0.39, 0.29) is 23.7 Å². The number of hydrogen-bond acceptors (Lipinski definition) is 5. The van der Waals surface area contributed by atoms with Gasteiger partial charge in [0.2, 0.25) is 5.91 Å². The lowest BCUT2D eigenvalue weighted by Gasteiger charge is -2.42. The van der Waals surface area contributed by atoms with Crippen molar-refractivity contribution in [3.8, 4) is 0 Å². The predicted octanol–water partition coefficient (Wildman–Crippen LogP) is 3.32. The fraction of sp³-hybridized carbons (Fsp3) is 0.571. The smallest absolute Gasteiger partial charge is 0.433 e. The zero-order valence-electron chi connectivity index (χ0n) is 16.9. The van der Waals surface area contributed by atoms with Crippen LogP contribution in [0.4, 0.5) is 23.8 Å². The van der Waals surface area contributed by atoms with Crippen molar-refractivity contribution in [3.05, 3.63) is 36.0 Å². The number of aromatic nitrogens is 1. The molecule has 0 spiro atoms. The Labute approximate surface area is 177 Å². The van der Waals surface area contributed by atoms with Crippen LogP contribution in [0, 0.1) is 11.3 Å². The van der Waals surface area contributed by atoms with E-state index in [1.54, 1.807) is 12.2 Å². The lowest BCUT2D eigenvalue weighted by atomic mass is 9.64. The molecule has 0 radical (unpaired) electrons. The van der Waals surface area contributed by atoms with Crippen LogP contribution in [-0.2, 0) is 15.7 Å². The number of alkyl halides is 3. The first-order valence-electron chi connectivity index (χ1n) is 10.4. The Bertz CT molecular complexity index is 891. The van der Waals surface area contributed by atoms with E-state index in [1.807, 2.05) is 0 Å². The fourth-order valence-electron chi connectivity index (χ4n) is 4.78. The van der Waals surface area contributed by atoms with Gasteiger partial charge in [0.05, 0.1) is 5.41 Å². The van der Waals surface area contributed by atoms with Crippen molar-refractivity contribution in [2.45, 2.75) is 50.4 Å². The summed E-state index contributed by atoms with van der Waals surface area (Å²) in [5, 5.41) is 2.97. The van der Waals surface area contributed by atoms with Crippen LogP contribution in [0.3, 0.4) is 0 Å². The van der Waals surface area contributed by atoms with Crippen LogP contribution in [0.1, 0.15) is 37.8 Å². The molecule has 2 fully saturated rings. The summed E-state index contributed by atoms with van der Waals surface area (Å²) in [5.74, 6) is -0.161. The lowest BCUT2D eigenvalue weighted by Crippen LogP contribution is -2.46. The van der Waals surface area contributed by atoms with E-state index >= 15 is 0 Å². The third-order valence-electron chi connectivity index (χ3n) is 6.46. The number of nitrogens with two attached hydrogens (primary N) is 1. The largest absolute Gasteiger partial charge is 0.442 e.